The zero-order valence-corrected chi connectivity index (χ0v) is 17.0. The summed E-state index contributed by atoms with van der Waals surface area (Å²) in [6, 6.07) is 11.1. The van der Waals surface area contributed by atoms with E-state index in [1.54, 1.807) is 24.3 Å². The predicted octanol–water partition coefficient (Wildman–Crippen LogP) is 3.96. The van der Waals surface area contributed by atoms with E-state index in [2.05, 4.69) is 15.5 Å². The summed E-state index contributed by atoms with van der Waals surface area (Å²) < 4.78 is 44.4. The van der Waals surface area contributed by atoms with E-state index < -0.39 is 23.7 Å². The van der Waals surface area contributed by atoms with Crippen LogP contribution in [0.4, 0.5) is 18.9 Å². The monoisotopic (exact) mass is 441 g/mol. The summed E-state index contributed by atoms with van der Waals surface area (Å²) in [5.41, 5.74) is -0.244. The highest BCUT2D eigenvalue weighted by Crippen LogP contribution is 2.34. The molecule has 1 amide bonds. The van der Waals surface area contributed by atoms with E-state index >= 15 is 0 Å². The second kappa shape index (κ2) is 10.3. The van der Waals surface area contributed by atoms with Crippen LogP contribution in [0.3, 0.4) is 0 Å². The minimum absolute atomic E-state index is 0.0384. The Morgan fingerprint density at radius 2 is 1.83 bits per heavy atom. The number of nitrogens with one attached hydrogen (secondary N) is 2. The highest BCUT2D eigenvalue weighted by molar-refractivity contribution is 6.33. The summed E-state index contributed by atoms with van der Waals surface area (Å²) in [5, 5.41) is 5.79. The van der Waals surface area contributed by atoms with E-state index in [9.17, 15) is 18.0 Å². The molecule has 1 aliphatic heterocycles. The molecule has 1 atom stereocenters. The molecule has 0 radical (unpaired) electrons. The van der Waals surface area contributed by atoms with Crippen LogP contribution in [0.15, 0.2) is 48.5 Å². The van der Waals surface area contributed by atoms with Gasteiger partial charge in [-0.1, -0.05) is 41.9 Å². The van der Waals surface area contributed by atoms with E-state index in [1.807, 2.05) is 6.07 Å². The van der Waals surface area contributed by atoms with Gasteiger partial charge in [0.25, 0.3) is 0 Å². The highest BCUT2D eigenvalue weighted by Gasteiger charge is 2.31. The van der Waals surface area contributed by atoms with Crippen molar-refractivity contribution in [2.75, 3.05) is 44.7 Å². The van der Waals surface area contributed by atoms with Gasteiger partial charge in [0.15, 0.2) is 0 Å². The molecular formula is C21H23ClF3N3O2. The number of ether oxygens (including phenoxy) is 1. The maximum absolute atomic E-state index is 13.0. The van der Waals surface area contributed by atoms with Gasteiger partial charge in [-0.05, 0) is 23.8 Å². The molecule has 2 N–H and O–H groups in total. The Morgan fingerprint density at radius 1 is 1.13 bits per heavy atom. The molecule has 30 heavy (non-hydrogen) atoms. The molecule has 2 aromatic carbocycles. The maximum atomic E-state index is 13.0. The van der Waals surface area contributed by atoms with E-state index in [1.165, 1.54) is 0 Å². The van der Waals surface area contributed by atoms with E-state index in [4.69, 9.17) is 16.3 Å². The Balaban J connectivity index is 1.72. The van der Waals surface area contributed by atoms with Crippen LogP contribution < -0.4 is 10.6 Å². The van der Waals surface area contributed by atoms with Crippen molar-refractivity contribution in [2.24, 2.45) is 0 Å². The first-order chi connectivity index (χ1) is 14.3. The van der Waals surface area contributed by atoms with Gasteiger partial charge >= 0.3 is 6.18 Å². The van der Waals surface area contributed by atoms with Gasteiger partial charge in [0.2, 0.25) is 5.91 Å². The summed E-state index contributed by atoms with van der Waals surface area (Å²) in [4.78, 5) is 15.2. The molecule has 0 aromatic heterocycles. The average Bonchev–Trinajstić information content (AvgIpc) is 2.73. The van der Waals surface area contributed by atoms with Gasteiger partial charge in [0.1, 0.15) is 6.04 Å². The summed E-state index contributed by atoms with van der Waals surface area (Å²) >= 11 is 6.03. The lowest BCUT2D eigenvalue weighted by atomic mass is 10.1. The standard InChI is InChI=1S/C21H23ClF3N3O2/c22-17-7-6-16(21(23,24)25)14-18(17)27-20(29)19(15-4-2-1-3-5-15)26-8-9-28-10-12-30-13-11-28/h1-7,14,19,26H,8-13H2,(H,27,29)/t19-/m1/s1. The Hall–Kier alpha value is -2.13. The molecule has 162 valence electrons. The Kier molecular flexibility index (Phi) is 7.71. The number of rotatable bonds is 7. The molecule has 1 heterocycles. The number of morpholine rings is 1. The van der Waals surface area contributed by atoms with E-state index in [-0.39, 0.29) is 10.7 Å². The predicted molar refractivity (Wildman–Crippen MR) is 110 cm³/mol. The summed E-state index contributed by atoms with van der Waals surface area (Å²) in [7, 11) is 0. The van der Waals surface area contributed by atoms with Crippen molar-refractivity contribution in [3.63, 3.8) is 0 Å². The van der Waals surface area contributed by atoms with Crippen molar-refractivity contribution in [1.82, 2.24) is 10.2 Å². The van der Waals surface area contributed by atoms with Crippen molar-refractivity contribution < 1.29 is 22.7 Å². The van der Waals surface area contributed by atoms with Gasteiger partial charge in [-0.2, -0.15) is 13.2 Å². The maximum Gasteiger partial charge on any atom is 0.416 e. The first kappa shape index (κ1) is 22.6. The van der Waals surface area contributed by atoms with E-state index in [0.29, 0.717) is 25.3 Å². The zero-order chi connectivity index (χ0) is 21.6. The molecule has 0 spiro atoms. The van der Waals surface area contributed by atoms with Crippen LogP contribution >= 0.6 is 11.6 Å². The number of halogens is 4. The normalized spacial score (nSPS) is 16.3. The highest BCUT2D eigenvalue weighted by atomic mass is 35.5. The number of carbonyl (C=O) groups excluding carboxylic acids is 1. The molecule has 5 nitrogen and oxygen atoms in total. The second-order valence-electron chi connectivity index (χ2n) is 6.93. The fraction of sp³-hybridized carbons (Fsp3) is 0.381. The Labute approximate surface area is 178 Å². The van der Waals surface area contributed by atoms with Crippen LogP contribution in [-0.2, 0) is 15.7 Å². The number of amides is 1. The van der Waals surface area contributed by atoms with Gasteiger partial charge in [-0.3, -0.25) is 9.69 Å². The van der Waals surface area contributed by atoms with Crippen LogP contribution in [0.1, 0.15) is 17.2 Å². The lowest BCUT2D eigenvalue weighted by molar-refractivity contribution is -0.137. The minimum Gasteiger partial charge on any atom is -0.379 e. The lowest BCUT2D eigenvalue weighted by Gasteiger charge is -2.27. The number of carbonyl (C=O) groups is 1. The quantitative estimate of drug-likeness (QED) is 0.683. The third-order valence-corrected chi connectivity index (χ3v) is 5.16. The molecule has 3 rings (SSSR count). The third kappa shape index (κ3) is 6.18. The molecular weight excluding hydrogens is 419 g/mol. The fourth-order valence-corrected chi connectivity index (χ4v) is 3.37. The molecule has 0 saturated carbocycles. The van der Waals surface area contributed by atoms with E-state index in [0.717, 1.165) is 37.8 Å². The van der Waals surface area contributed by atoms with Crippen LogP contribution in [0, 0.1) is 0 Å². The van der Waals surface area contributed by atoms with Gasteiger partial charge < -0.3 is 15.4 Å². The second-order valence-corrected chi connectivity index (χ2v) is 7.34. The molecule has 0 bridgehead atoms. The lowest BCUT2D eigenvalue weighted by Crippen LogP contribution is -2.42. The van der Waals surface area contributed by atoms with Crippen LogP contribution in [0.25, 0.3) is 0 Å². The van der Waals surface area contributed by atoms with Crippen LogP contribution in [0.2, 0.25) is 5.02 Å². The number of alkyl halides is 3. The first-order valence-corrected chi connectivity index (χ1v) is 9.98. The number of hydrogen-bond acceptors (Lipinski definition) is 4. The molecule has 0 unspecified atom stereocenters. The van der Waals surface area contributed by atoms with Gasteiger partial charge in [0.05, 0.1) is 29.5 Å². The van der Waals surface area contributed by atoms with Crippen LogP contribution in [0.5, 0.6) is 0 Å². The average molecular weight is 442 g/mol. The number of nitrogens with zero attached hydrogens (tertiary/aromatic N) is 1. The van der Waals surface area contributed by atoms with Gasteiger partial charge in [0, 0.05) is 26.2 Å². The van der Waals surface area contributed by atoms with Crippen LogP contribution in [-0.4, -0.2) is 50.2 Å². The summed E-state index contributed by atoms with van der Waals surface area (Å²) in [5.74, 6) is -0.482. The SMILES string of the molecule is O=C(Nc1cc(C(F)(F)F)ccc1Cl)[C@H](NCCN1CCOCC1)c1ccccc1. The molecule has 0 aliphatic carbocycles. The van der Waals surface area contributed by atoms with Crippen molar-refractivity contribution in [3.8, 4) is 0 Å². The fourth-order valence-electron chi connectivity index (χ4n) is 3.20. The Bertz CT molecular complexity index is 843. The molecule has 1 aliphatic rings. The van der Waals surface area contributed by atoms with Crippen molar-refractivity contribution in [1.29, 1.82) is 0 Å². The largest absolute Gasteiger partial charge is 0.416 e. The van der Waals surface area contributed by atoms with Gasteiger partial charge in [-0.25, -0.2) is 0 Å². The summed E-state index contributed by atoms with van der Waals surface area (Å²) in [6.07, 6.45) is -4.53. The van der Waals surface area contributed by atoms with Crippen molar-refractivity contribution in [3.05, 3.63) is 64.7 Å². The topological polar surface area (TPSA) is 53.6 Å². The first-order valence-electron chi connectivity index (χ1n) is 9.60. The molecule has 2 aromatic rings. The van der Waals surface area contributed by atoms with Gasteiger partial charge in [-0.15, -0.1) is 0 Å². The minimum atomic E-state index is -4.53. The number of hydrogen-bond donors (Lipinski definition) is 2. The molecule has 9 heteroatoms. The third-order valence-electron chi connectivity index (χ3n) is 4.83. The molecule has 1 saturated heterocycles. The number of benzene rings is 2. The molecule has 1 fully saturated rings. The summed E-state index contributed by atoms with van der Waals surface area (Å²) in [6.45, 7) is 4.26. The smallest absolute Gasteiger partial charge is 0.379 e. The van der Waals surface area contributed by atoms with Crippen molar-refractivity contribution >= 4 is 23.2 Å². The van der Waals surface area contributed by atoms with Crippen molar-refractivity contribution in [2.45, 2.75) is 12.2 Å². The number of anilines is 1. The zero-order valence-electron chi connectivity index (χ0n) is 16.2. The Morgan fingerprint density at radius 3 is 2.50 bits per heavy atom.